The van der Waals surface area contributed by atoms with Gasteiger partial charge in [-0.2, -0.15) is 0 Å². The van der Waals surface area contributed by atoms with Gasteiger partial charge in [0.1, 0.15) is 0 Å². The number of esters is 1. The van der Waals surface area contributed by atoms with Crippen molar-refractivity contribution in [1.29, 1.82) is 0 Å². The summed E-state index contributed by atoms with van der Waals surface area (Å²) in [5, 5.41) is 3.30. The van der Waals surface area contributed by atoms with Crippen LogP contribution in [0.2, 0.25) is 5.02 Å². The zero-order valence-corrected chi connectivity index (χ0v) is 15.7. The number of amides is 1. The number of rotatable bonds is 5. The lowest BCUT2D eigenvalue weighted by Gasteiger charge is -2.17. The number of hydrogen-bond acceptors (Lipinski definition) is 5. The van der Waals surface area contributed by atoms with Crippen LogP contribution in [0.1, 0.15) is 29.4 Å². The molecule has 3 aromatic rings. The molecule has 0 fully saturated rings. The molecular formula is C20H18ClN3O3. The molecule has 0 aliphatic carbocycles. The maximum absolute atomic E-state index is 12.5. The number of para-hydroxylation sites is 2. The molecule has 1 aromatic heterocycles. The smallest absolute Gasteiger partial charge is 0.359 e. The fourth-order valence-corrected chi connectivity index (χ4v) is 2.70. The molecule has 1 amide bonds. The van der Waals surface area contributed by atoms with Crippen molar-refractivity contribution in [1.82, 2.24) is 9.97 Å². The predicted octanol–water partition coefficient (Wildman–Crippen LogP) is 4.17. The van der Waals surface area contributed by atoms with Crippen molar-refractivity contribution in [2.75, 3.05) is 5.32 Å². The minimum atomic E-state index is -0.954. The second-order valence-corrected chi connectivity index (χ2v) is 6.36. The molecule has 0 spiro atoms. The predicted molar refractivity (Wildman–Crippen MR) is 104 cm³/mol. The number of aromatic nitrogens is 2. The van der Waals surface area contributed by atoms with E-state index in [9.17, 15) is 9.59 Å². The van der Waals surface area contributed by atoms with Gasteiger partial charge in [0, 0.05) is 10.7 Å². The average Bonchev–Trinajstić information content (AvgIpc) is 2.69. The van der Waals surface area contributed by atoms with Crippen LogP contribution in [0.4, 0.5) is 5.69 Å². The van der Waals surface area contributed by atoms with Gasteiger partial charge in [-0.25, -0.2) is 9.78 Å². The number of hydrogen-bond donors (Lipinski definition) is 1. The van der Waals surface area contributed by atoms with E-state index in [0.717, 1.165) is 5.56 Å². The summed E-state index contributed by atoms with van der Waals surface area (Å²) in [6, 6.07) is 12.4. The Labute approximate surface area is 161 Å². The second kappa shape index (κ2) is 8.14. The maximum atomic E-state index is 12.5. The highest BCUT2D eigenvalue weighted by Crippen LogP contribution is 2.23. The first-order valence-corrected chi connectivity index (χ1v) is 8.86. The summed E-state index contributed by atoms with van der Waals surface area (Å²) < 4.78 is 5.35. The second-order valence-electron chi connectivity index (χ2n) is 5.95. The van der Waals surface area contributed by atoms with Gasteiger partial charge in [0.05, 0.1) is 17.2 Å². The molecule has 0 saturated carbocycles. The molecule has 2 aromatic carbocycles. The minimum absolute atomic E-state index is 0.0545. The van der Waals surface area contributed by atoms with Crippen LogP contribution in [-0.4, -0.2) is 27.9 Å². The summed E-state index contributed by atoms with van der Waals surface area (Å²) >= 11 is 6.07. The van der Waals surface area contributed by atoms with E-state index in [1.807, 2.05) is 12.1 Å². The molecule has 3 rings (SSSR count). The molecule has 27 heavy (non-hydrogen) atoms. The van der Waals surface area contributed by atoms with Gasteiger partial charge >= 0.3 is 5.97 Å². The van der Waals surface area contributed by atoms with Crippen LogP contribution in [0.5, 0.6) is 0 Å². The topological polar surface area (TPSA) is 81.2 Å². The molecule has 0 aliphatic rings. The number of halogens is 1. The first-order chi connectivity index (χ1) is 13.0. The van der Waals surface area contributed by atoms with Crippen molar-refractivity contribution in [2.24, 2.45) is 0 Å². The molecule has 0 aliphatic heterocycles. The van der Waals surface area contributed by atoms with E-state index in [1.54, 1.807) is 44.2 Å². The van der Waals surface area contributed by atoms with Crippen molar-refractivity contribution in [3.63, 3.8) is 0 Å². The molecule has 1 atom stereocenters. The molecule has 1 unspecified atom stereocenters. The largest absolute Gasteiger partial charge is 0.447 e. The Kier molecular flexibility index (Phi) is 5.66. The molecule has 0 bridgehead atoms. The molecular weight excluding hydrogens is 366 g/mol. The number of carbonyl (C=O) groups excluding carboxylic acids is 2. The van der Waals surface area contributed by atoms with Gasteiger partial charge in [-0.1, -0.05) is 36.7 Å². The van der Waals surface area contributed by atoms with Crippen LogP contribution in [0.25, 0.3) is 11.0 Å². The Morgan fingerprint density at radius 3 is 2.63 bits per heavy atom. The number of anilines is 1. The van der Waals surface area contributed by atoms with Crippen molar-refractivity contribution < 1.29 is 14.3 Å². The van der Waals surface area contributed by atoms with E-state index in [4.69, 9.17) is 16.3 Å². The highest BCUT2D eigenvalue weighted by Gasteiger charge is 2.23. The van der Waals surface area contributed by atoms with Crippen molar-refractivity contribution in [2.45, 2.75) is 26.4 Å². The van der Waals surface area contributed by atoms with Crippen LogP contribution in [0, 0.1) is 6.92 Å². The van der Waals surface area contributed by atoms with Crippen LogP contribution in [-0.2, 0) is 9.53 Å². The zero-order valence-electron chi connectivity index (χ0n) is 14.9. The quantitative estimate of drug-likeness (QED) is 0.669. The van der Waals surface area contributed by atoms with E-state index in [1.165, 1.54) is 6.20 Å². The Balaban J connectivity index is 1.73. The van der Waals surface area contributed by atoms with Gasteiger partial charge in [-0.05, 0) is 43.2 Å². The number of nitrogens with zero attached hydrogens (tertiary/aromatic N) is 2. The Morgan fingerprint density at radius 1 is 1.15 bits per heavy atom. The van der Waals surface area contributed by atoms with E-state index in [2.05, 4.69) is 15.3 Å². The lowest BCUT2D eigenvalue weighted by atomic mass is 10.2. The first kappa shape index (κ1) is 18.8. The third kappa shape index (κ3) is 4.23. The van der Waals surface area contributed by atoms with Crippen LogP contribution < -0.4 is 5.32 Å². The molecule has 138 valence electrons. The summed E-state index contributed by atoms with van der Waals surface area (Å²) in [6.07, 6.45) is 0.707. The minimum Gasteiger partial charge on any atom is -0.447 e. The lowest BCUT2D eigenvalue weighted by molar-refractivity contribution is -0.124. The van der Waals surface area contributed by atoms with Crippen LogP contribution in [0.3, 0.4) is 0 Å². The Morgan fingerprint density at radius 2 is 1.89 bits per heavy atom. The van der Waals surface area contributed by atoms with Gasteiger partial charge in [-0.3, -0.25) is 9.78 Å². The van der Waals surface area contributed by atoms with Gasteiger partial charge in [0.15, 0.2) is 11.8 Å². The zero-order chi connectivity index (χ0) is 19.4. The lowest BCUT2D eigenvalue weighted by Crippen LogP contribution is -2.32. The standard InChI is InChI=1S/C20H18ClN3O3/c1-3-18(19(25)24-14-10-6-7-13(21)12(14)2)27-20(26)17-11-22-15-8-4-5-9-16(15)23-17/h4-11,18H,3H2,1-2H3,(H,24,25). The van der Waals surface area contributed by atoms with E-state index in [0.29, 0.717) is 28.2 Å². The van der Waals surface area contributed by atoms with Gasteiger partial charge in [0.2, 0.25) is 0 Å². The number of carbonyl (C=O) groups is 2. The Hall–Kier alpha value is -2.99. The summed E-state index contributed by atoms with van der Waals surface area (Å²) in [6.45, 7) is 3.56. The molecule has 1 N–H and O–H groups in total. The normalized spacial score (nSPS) is 11.8. The number of fused-ring (bicyclic) bond motifs is 1. The first-order valence-electron chi connectivity index (χ1n) is 8.48. The van der Waals surface area contributed by atoms with Crippen molar-refractivity contribution in [3.8, 4) is 0 Å². The summed E-state index contributed by atoms with van der Waals surface area (Å²) in [5.41, 5.74) is 2.63. The fourth-order valence-electron chi connectivity index (χ4n) is 2.52. The third-order valence-corrected chi connectivity index (χ3v) is 4.51. The molecule has 0 saturated heterocycles. The van der Waals surface area contributed by atoms with Crippen LogP contribution in [0.15, 0.2) is 48.7 Å². The van der Waals surface area contributed by atoms with Gasteiger partial charge in [-0.15, -0.1) is 0 Å². The molecule has 1 heterocycles. The van der Waals surface area contributed by atoms with E-state index < -0.39 is 18.0 Å². The monoisotopic (exact) mass is 383 g/mol. The number of benzene rings is 2. The summed E-state index contributed by atoms with van der Waals surface area (Å²) in [4.78, 5) is 33.4. The molecule has 0 radical (unpaired) electrons. The maximum Gasteiger partial charge on any atom is 0.359 e. The fraction of sp³-hybridized carbons (Fsp3) is 0.200. The van der Waals surface area contributed by atoms with Crippen LogP contribution >= 0.6 is 11.6 Å². The average molecular weight is 384 g/mol. The summed E-state index contributed by atoms with van der Waals surface area (Å²) in [7, 11) is 0. The highest BCUT2D eigenvalue weighted by molar-refractivity contribution is 6.31. The highest BCUT2D eigenvalue weighted by atomic mass is 35.5. The molecule has 7 heteroatoms. The number of nitrogens with one attached hydrogen (secondary N) is 1. The van der Waals surface area contributed by atoms with Gasteiger partial charge < -0.3 is 10.1 Å². The van der Waals surface area contributed by atoms with Crippen molar-refractivity contribution in [3.05, 3.63) is 64.9 Å². The SMILES string of the molecule is CCC(OC(=O)c1cnc2ccccc2n1)C(=O)Nc1cccc(Cl)c1C. The molecule has 6 nitrogen and oxygen atoms in total. The number of ether oxygens (including phenoxy) is 1. The Bertz CT molecular complexity index is 1010. The van der Waals surface area contributed by atoms with Crippen molar-refractivity contribution >= 4 is 40.2 Å². The summed E-state index contributed by atoms with van der Waals surface area (Å²) in [5.74, 6) is -1.12. The van der Waals surface area contributed by atoms with E-state index in [-0.39, 0.29) is 5.69 Å². The third-order valence-electron chi connectivity index (χ3n) is 4.10. The van der Waals surface area contributed by atoms with E-state index >= 15 is 0 Å². The van der Waals surface area contributed by atoms with Gasteiger partial charge in [0.25, 0.3) is 5.91 Å².